The molecule has 0 spiro atoms. The van der Waals surface area contributed by atoms with Crippen LogP contribution in [0.4, 0.5) is 23.0 Å². The number of nitrogens with zero attached hydrogens (tertiary/aromatic N) is 4. The first kappa shape index (κ1) is 19.0. The maximum atomic E-state index is 12.5. The van der Waals surface area contributed by atoms with Gasteiger partial charge in [-0.05, 0) is 49.2 Å². The molecule has 5 rings (SSSR count). The summed E-state index contributed by atoms with van der Waals surface area (Å²) in [6.45, 7) is 0. The zero-order valence-electron chi connectivity index (χ0n) is 17.0. The van der Waals surface area contributed by atoms with E-state index in [0.717, 1.165) is 29.7 Å². The Kier molecular flexibility index (Phi) is 4.95. The zero-order chi connectivity index (χ0) is 21.2. The number of anilines is 4. The van der Waals surface area contributed by atoms with E-state index < -0.39 is 0 Å². The van der Waals surface area contributed by atoms with Gasteiger partial charge in [0.15, 0.2) is 5.65 Å². The molecule has 4 N–H and O–H groups in total. The molecule has 1 amide bonds. The second kappa shape index (κ2) is 8.06. The van der Waals surface area contributed by atoms with E-state index in [1.54, 1.807) is 30.5 Å². The van der Waals surface area contributed by atoms with E-state index in [1.165, 1.54) is 12.8 Å². The molecule has 1 fully saturated rings. The smallest absolute Gasteiger partial charge is 0.255 e. The number of carbonyl (C=O) groups excluding carboxylic acids is 1. The summed E-state index contributed by atoms with van der Waals surface area (Å²) in [6, 6.07) is 14.8. The third kappa shape index (κ3) is 3.92. The van der Waals surface area contributed by atoms with E-state index in [2.05, 4.69) is 30.2 Å². The van der Waals surface area contributed by atoms with E-state index in [1.807, 2.05) is 30.6 Å². The van der Waals surface area contributed by atoms with Crippen molar-refractivity contribution in [1.82, 2.24) is 19.5 Å². The monoisotopic (exact) mass is 413 g/mol. The van der Waals surface area contributed by atoms with Crippen LogP contribution in [0, 0.1) is 0 Å². The number of rotatable bonds is 5. The molecule has 1 aliphatic carbocycles. The number of hydrogen-bond donors (Lipinski definition) is 3. The average molecular weight is 413 g/mol. The van der Waals surface area contributed by atoms with E-state index in [9.17, 15) is 4.79 Å². The lowest BCUT2D eigenvalue weighted by molar-refractivity contribution is 0.102. The lowest BCUT2D eigenvalue weighted by Crippen LogP contribution is -2.13. The van der Waals surface area contributed by atoms with Gasteiger partial charge in [0.1, 0.15) is 5.52 Å². The molecule has 2 heterocycles. The fourth-order valence-electron chi connectivity index (χ4n) is 3.98. The molecule has 0 aliphatic heterocycles. The number of nitrogens with two attached hydrogens (primary N) is 1. The molecule has 1 aliphatic rings. The summed E-state index contributed by atoms with van der Waals surface area (Å²) in [4.78, 5) is 26.0. The molecule has 8 nitrogen and oxygen atoms in total. The minimum Gasteiger partial charge on any atom is -0.397 e. The fourth-order valence-corrected chi connectivity index (χ4v) is 3.98. The largest absolute Gasteiger partial charge is 0.397 e. The van der Waals surface area contributed by atoms with E-state index in [0.29, 0.717) is 28.9 Å². The number of fused-ring (bicyclic) bond motifs is 1. The summed E-state index contributed by atoms with van der Waals surface area (Å²) < 4.78 is 2.16. The highest BCUT2D eigenvalue weighted by Crippen LogP contribution is 2.31. The second-order valence-electron chi connectivity index (χ2n) is 7.74. The van der Waals surface area contributed by atoms with Gasteiger partial charge >= 0.3 is 0 Å². The number of amides is 1. The van der Waals surface area contributed by atoms with Crippen LogP contribution >= 0.6 is 0 Å². The van der Waals surface area contributed by atoms with Crippen LogP contribution in [0.5, 0.6) is 0 Å². The van der Waals surface area contributed by atoms with Crippen LogP contribution in [0.1, 0.15) is 42.1 Å². The molecule has 2 aromatic heterocycles. The van der Waals surface area contributed by atoms with Gasteiger partial charge in [-0.1, -0.05) is 25.0 Å². The molecule has 4 aromatic rings. The van der Waals surface area contributed by atoms with Gasteiger partial charge in [-0.15, -0.1) is 0 Å². The highest BCUT2D eigenvalue weighted by molar-refractivity contribution is 6.05. The van der Waals surface area contributed by atoms with Gasteiger partial charge in [0.05, 0.1) is 23.9 Å². The number of nitrogen functional groups attached to an aromatic ring is 1. The average Bonchev–Trinajstić information content (AvgIpc) is 3.45. The summed E-state index contributed by atoms with van der Waals surface area (Å²) in [6.07, 6.45) is 8.43. The Morgan fingerprint density at radius 2 is 1.81 bits per heavy atom. The fraction of sp³-hybridized carbons (Fsp3) is 0.217. The van der Waals surface area contributed by atoms with Crippen LogP contribution in [0.15, 0.2) is 61.1 Å². The standard InChI is InChI=1S/C23H23N7O/c24-18-7-3-4-8-19(18)28-22(31)15-9-11-16(12-10-15)27-23-25-13-20-21(29-23)30(14-26-20)17-5-1-2-6-17/h3-4,7-14,17H,1-2,5-6,24H2,(H,28,31)(H,25,27,29). The van der Waals surface area contributed by atoms with Crippen molar-refractivity contribution in [2.45, 2.75) is 31.7 Å². The third-order valence-corrected chi connectivity index (χ3v) is 5.65. The normalized spacial score (nSPS) is 14.1. The number of benzene rings is 2. The maximum Gasteiger partial charge on any atom is 0.255 e. The summed E-state index contributed by atoms with van der Waals surface area (Å²) in [5.41, 5.74) is 9.98. The highest BCUT2D eigenvalue weighted by atomic mass is 16.1. The number of imidazole rings is 1. The van der Waals surface area contributed by atoms with Gasteiger partial charge in [0, 0.05) is 17.3 Å². The minimum atomic E-state index is -0.220. The molecule has 0 atom stereocenters. The molecule has 31 heavy (non-hydrogen) atoms. The summed E-state index contributed by atoms with van der Waals surface area (Å²) in [5, 5.41) is 6.04. The number of para-hydroxylation sites is 2. The zero-order valence-corrected chi connectivity index (χ0v) is 17.0. The van der Waals surface area contributed by atoms with E-state index >= 15 is 0 Å². The van der Waals surface area contributed by atoms with E-state index in [-0.39, 0.29) is 5.91 Å². The van der Waals surface area contributed by atoms with Gasteiger partial charge in [-0.25, -0.2) is 9.97 Å². The molecule has 0 saturated heterocycles. The Labute approximate surface area is 179 Å². The number of nitrogens with one attached hydrogen (secondary N) is 2. The Hall–Kier alpha value is -3.94. The van der Waals surface area contributed by atoms with Crippen molar-refractivity contribution >= 4 is 40.1 Å². The number of carbonyl (C=O) groups is 1. The van der Waals surface area contributed by atoms with Crippen molar-refractivity contribution in [3.8, 4) is 0 Å². The highest BCUT2D eigenvalue weighted by Gasteiger charge is 2.20. The number of hydrogen-bond acceptors (Lipinski definition) is 6. The molecule has 1 saturated carbocycles. The van der Waals surface area contributed by atoms with Gasteiger partial charge in [-0.2, -0.15) is 4.98 Å². The Bertz CT molecular complexity index is 1230. The summed E-state index contributed by atoms with van der Waals surface area (Å²) >= 11 is 0. The van der Waals surface area contributed by atoms with Crippen molar-refractivity contribution in [3.05, 3.63) is 66.6 Å². The first-order valence-corrected chi connectivity index (χ1v) is 10.4. The van der Waals surface area contributed by atoms with E-state index in [4.69, 9.17) is 5.73 Å². The summed E-state index contributed by atoms with van der Waals surface area (Å²) in [7, 11) is 0. The van der Waals surface area contributed by atoms with Gasteiger partial charge in [0.25, 0.3) is 5.91 Å². The van der Waals surface area contributed by atoms with Crippen molar-refractivity contribution in [2.24, 2.45) is 0 Å². The van der Waals surface area contributed by atoms with Crippen LogP contribution < -0.4 is 16.4 Å². The van der Waals surface area contributed by atoms with Crippen LogP contribution in [0.2, 0.25) is 0 Å². The predicted molar refractivity (Wildman–Crippen MR) is 121 cm³/mol. The van der Waals surface area contributed by atoms with Crippen LogP contribution in [0.25, 0.3) is 11.2 Å². The SMILES string of the molecule is Nc1ccccc1NC(=O)c1ccc(Nc2ncc3ncn(C4CCCC4)c3n2)cc1. The van der Waals surface area contributed by atoms with Gasteiger partial charge < -0.3 is 20.9 Å². The maximum absolute atomic E-state index is 12.5. The van der Waals surface area contributed by atoms with Crippen molar-refractivity contribution < 1.29 is 4.79 Å². The topological polar surface area (TPSA) is 111 Å². The molecule has 0 radical (unpaired) electrons. The van der Waals surface area contributed by atoms with Gasteiger partial charge in [-0.3, -0.25) is 4.79 Å². The number of aromatic nitrogens is 4. The molecular formula is C23H23N7O. The third-order valence-electron chi connectivity index (χ3n) is 5.65. The predicted octanol–water partition coefficient (Wildman–Crippen LogP) is 4.52. The van der Waals surface area contributed by atoms with Crippen molar-refractivity contribution in [3.63, 3.8) is 0 Å². The quantitative estimate of drug-likeness (QED) is 0.415. The Balaban J connectivity index is 1.31. The lowest BCUT2D eigenvalue weighted by atomic mass is 10.2. The Morgan fingerprint density at radius 3 is 2.58 bits per heavy atom. The first-order chi connectivity index (χ1) is 15.2. The summed E-state index contributed by atoms with van der Waals surface area (Å²) in [5.74, 6) is 0.282. The molecular weight excluding hydrogens is 390 g/mol. The van der Waals surface area contributed by atoms with Crippen LogP contribution in [0.3, 0.4) is 0 Å². The first-order valence-electron chi connectivity index (χ1n) is 10.4. The molecule has 2 aromatic carbocycles. The van der Waals surface area contributed by atoms with Gasteiger partial charge in [0.2, 0.25) is 5.95 Å². The minimum absolute atomic E-state index is 0.220. The lowest BCUT2D eigenvalue weighted by Gasteiger charge is -2.12. The molecule has 8 heteroatoms. The van der Waals surface area contributed by atoms with Crippen LogP contribution in [-0.2, 0) is 0 Å². The molecule has 0 bridgehead atoms. The van der Waals surface area contributed by atoms with Crippen LogP contribution in [-0.4, -0.2) is 25.4 Å². The molecule has 156 valence electrons. The Morgan fingerprint density at radius 1 is 1.03 bits per heavy atom. The molecule has 0 unspecified atom stereocenters. The van der Waals surface area contributed by atoms with Crippen molar-refractivity contribution in [1.29, 1.82) is 0 Å². The van der Waals surface area contributed by atoms with Crippen molar-refractivity contribution in [2.75, 3.05) is 16.4 Å². The second-order valence-corrected chi connectivity index (χ2v) is 7.74.